The van der Waals surface area contributed by atoms with Crippen LogP contribution in [0.2, 0.25) is 0 Å². The van der Waals surface area contributed by atoms with E-state index in [1.807, 2.05) is 0 Å². The predicted octanol–water partition coefficient (Wildman–Crippen LogP) is 1.24. The Morgan fingerprint density at radius 2 is 2.17 bits per heavy atom. The van der Waals surface area contributed by atoms with Crippen LogP contribution in [0.1, 0.15) is 6.92 Å². The highest BCUT2D eigenvalue weighted by atomic mass is 32.2. The number of sulfonamides is 1. The maximum atomic E-state index is 12.1. The van der Waals surface area contributed by atoms with Crippen LogP contribution in [0.25, 0.3) is 0 Å². The Kier molecular flexibility index (Phi) is 4.42. The van der Waals surface area contributed by atoms with Crippen LogP contribution in [0.4, 0.5) is 5.69 Å². The molecule has 0 atom stereocenters. The number of nitro groups is 1. The number of rotatable bonds is 5. The lowest BCUT2D eigenvalue weighted by molar-refractivity contribution is -0.385. The van der Waals surface area contributed by atoms with Crippen molar-refractivity contribution in [2.75, 3.05) is 13.1 Å². The first kappa shape index (κ1) is 14.2. The quantitative estimate of drug-likeness (QED) is 0.457. The van der Waals surface area contributed by atoms with E-state index in [0.717, 1.165) is 10.4 Å². The van der Waals surface area contributed by atoms with Gasteiger partial charge >= 0.3 is 0 Å². The lowest BCUT2D eigenvalue weighted by atomic mass is 10.3. The summed E-state index contributed by atoms with van der Waals surface area (Å²) >= 11 is 0. The first-order chi connectivity index (χ1) is 8.43. The van der Waals surface area contributed by atoms with Crippen molar-refractivity contribution in [1.29, 1.82) is 0 Å². The van der Waals surface area contributed by atoms with Crippen LogP contribution in [-0.4, -0.2) is 30.7 Å². The molecule has 0 amide bonds. The minimum atomic E-state index is -3.78. The molecule has 7 heteroatoms. The van der Waals surface area contributed by atoms with Crippen LogP contribution in [0.3, 0.4) is 0 Å². The third-order valence-corrected chi connectivity index (χ3v) is 4.20. The highest BCUT2D eigenvalue weighted by Gasteiger charge is 2.23. The molecule has 18 heavy (non-hydrogen) atoms. The van der Waals surface area contributed by atoms with E-state index >= 15 is 0 Å². The Morgan fingerprint density at radius 1 is 1.50 bits per heavy atom. The van der Waals surface area contributed by atoms with Gasteiger partial charge < -0.3 is 0 Å². The second-order valence-corrected chi connectivity index (χ2v) is 5.33. The first-order valence-corrected chi connectivity index (χ1v) is 6.55. The summed E-state index contributed by atoms with van der Waals surface area (Å²) in [6, 6.07) is 4.89. The zero-order chi connectivity index (χ0) is 13.8. The Labute approximate surface area is 105 Å². The topological polar surface area (TPSA) is 80.5 Å². The fourth-order valence-electron chi connectivity index (χ4n) is 1.38. The van der Waals surface area contributed by atoms with Crippen LogP contribution >= 0.6 is 0 Å². The summed E-state index contributed by atoms with van der Waals surface area (Å²) in [5.41, 5.74) is -0.271. The van der Waals surface area contributed by atoms with E-state index in [1.54, 1.807) is 6.92 Å². The third-order valence-electron chi connectivity index (χ3n) is 2.29. The fourth-order valence-corrected chi connectivity index (χ4v) is 2.78. The van der Waals surface area contributed by atoms with Crippen LogP contribution < -0.4 is 0 Å². The molecule has 0 saturated carbocycles. The molecule has 0 aliphatic heterocycles. The molecule has 6 nitrogen and oxygen atoms in total. The van der Waals surface area contributed by atoms with Crippen molar-refractivity contribution in [1.82, 2.24) is 4.31 Å². The molecule has 0 bridgehead atoms. The van der Waals surface area contributed by atoms with Gasteiger partial charge in [0.15, 0.2) is 0 Å². The Hall–Kier alpha value is -1.91. The van der Waals surface area contributed by atoms with Crippen molar-refractivity contribution in [3.8, 4) is 12.3 Å². The molecule has 0 saturated heterocycles. The molecule has 0 N–H and O–H groups in total. The molecular formula is C11H12N2O4S. The molecule has 0 aromatic heterocycles. The largest absolute Gasteiger partial charge is 0.270 e. The van der Waals surface area contributed by atoms with E-state index in [-0.39, 0.29) is 23.7 Å². The van der Waals surface area contributed by atoms with Gasteiger partial charge in [-0.15, -0.1) is 6.42 Å². The number of non-ortho nitro benzene ring substituents is 1. The molecule has 0 spiro atoms. The van der Waals surface area contributed by atoms with Gasteiger partial charge in [-0.2, -0.15) is 4.31 Å². The average molecular weight is 268 g/mol. The zero-order valence-corrected chi connectivity index (χ0v) is 10.6. The van der Waals surface area contributed by atoms with Crippen LogP contribution in [0, 0.1) is 22.5 Å². The molecular weight excluding hydrogens is 256 g/mol. The summed E-state index contributed by atoms with van der Waals surface area (Å²) in [4.78, 5) is 9.84. The lowest BCUT2D eigenvalue weighted by Crippen LogP contribution is -2.31. The summed E-state index contributed by atoms with van der Waals surface area (Å²) in [6.07, 6.45) is 5.09. The summed E-state index contributed by atoms with van der Waals surface area (Å²) in [5.74, 6) is 2.24. The molecule has 1 rings (SSSR count). The monoisotopic (exact) mass is 268 g/mol. The van der Waals surface area contributed by atoms with Crippen LogP contribution in [-0.2, 0) is 10.0 Å². The molecule has 1 aromatic carbocycles. The number of hydrogen-bond donors (Lipinski definition) is 0. The number of hydrogen-bond acceptors (Lipinski definition) is 4. The third kappa shape index (κ3) is 2.85. The second-order valence-electron chi connectivity index (χ2n) is 3.39. The van der Waals surface area contributed by atoms with Crippen molar-refractivity contribution in [3.63, 3.8) is 0 Å². The van der Waals surface area contributed by atoms with Gasteiger partial charge in [0.2, 0.25) is 10.0 Å². The first-order valence-electron chi connectivity index (χ1n) is 5.11. The van der Waals surface area contributed by atoms with Gasteiger partial charge in [-0.05, 0) is 6.07 Å². The van der Waals surface area contributed by atoms with E-state index in [2.05, 4.69) is 5.92 Å². The van der Waals surface area contributed by atoms with Gasteiger partial charge in [0.25, 0.3) is 5.69 Å². The number of terminal acetylenes is 1. The van der Waals surface area contributed by atoms with Crippen molar-refractivity contribution >= 4 is 15.7 Å². The summed E-state index contributed by atoms with van der Waals surface area (Å²) < 4.78 is 25.3. The van der Waals surface area contributed by atoms with Gasteiger partial charge in [-0.25, -0.2) is 8.42 Å². The van der Waals surface area contributed by atoms with Gasteiger partial charge in [0.1, 0.15) is 0 Å². The van der Waals surface area contributed by atoms with Crippen LogP contribution in [0.5, 0.6) is 0 Å². The Balaban J connectivity index is 3.24. The Bertz CT molecular complexity index is 589. The van der Waals surface area contributed by atoms with Gasteiger partial charge in [0, 0.05) is 18.7 Å². The van der Waals surface area contributed by atoms with Crippen molar-refractivity contribution in [2.45, 2.75) is 11.8 Å². The maximum Gasteiger partial charge on any atom is 0.270 e. The lowest BCUT2D eigenvalue weighted by Gasteiger charge is -2.17. The van der Waals surface area contributed by atoms with Crippen molar-refractivity contribution in [2.24, 2.45) is 0 Å². The molecule has 96 valence electrons. The standard InChI is InChI=1S/C11H12N2O4S/c1-3-8-12(4-2)18(16,17)11-7-5-6-10(9-11)13(14)15/h1,5-7,9H,4,8H2,2H3. The number of benzene rings is 1. The summed E-state index contributed by atoms with van der Waals surface area (Å²) in [6.45, 7) is 1.78. The molecule has 0 radical (unpaired) electrons. The summed E-state index contributed by atoms with van der Waals surface area (Å²) in [5, 5.41) is 10.6. The normalized spacial score (nSPS) is 11.2. The minimum absolute atomic E-state index is 0.0679. The second kappa shape index (κ2) is 5.62. The highest BCUT2D eigenvalue weighted by molar-refractivity contribution is 7.89. The molecule has 0 fully saturated rings. The van der Waals surface area contributed by atoms with E-state index < -0.39 is 14.9 Å². The average Bonchev–Trinajstić information content (AvgIpc) is 2.35. The molecule has 0 heterocycles. The molecule has 0 aliphatic carbocycles. The van der Waals surface area contributed by atoms with Gasteiger partial charge in [-0.3, -0.25) is 10.1 Å². The highest BCUT2D eigenvalue weighted by Crippen LogP contribution is 2.20. The fraction of sp³-hybridized carbons (Fsp3) is 0.273. The molecule has 1 aromatic rings. The minimum Gasteiger partial charge on any atom is -0.258 e. The van der Waals surface area contributed by atoms with Gasteiger partial charge in [0.05, 0.1) is 16.4 Å². The van der Waals surface area contributed by atoms with Crippen molar-refractivity contribution < 1.29 is 13.3 Å². The molecule has 0 unspecified atom stereocenters. The Morgan fingerprint density at radius 3 is 2.67 bits per heavy atom. The van der Waals surface area contributed by atoms with E-state index in [0.29, 0.717) is 0 Å². The van der Waals surface area contributed by atoms with Crippen LogP contribution in [0.15, 0.2) is 29.2 Å². The predicted molar refractivity (Wildman–Crippen MR) is 66.4 cm³/mol. The van der Waals surface area contributed by atoms with E-state index in [9.17, 15) is 18.5 Å². The van der Waals surface area contributed by atoms with Gasteiger partial charge in [-0.1, -0.05) is 18.9 Å². The SMILES string of the molecule is C#CCN(CC)S(=O)(=O)c1cccc([N+](=O)[O-])c1. The van der Waals surface area contributed by atoms with Crippen molar-refractivity contribution in [3.05, 3.63) is 34.4 Å². The summed E-state index contributed by atoms with van der Waals surface area (Å²) in [7, 11) is -3.78. The zero-order valence-electron chi connectivity index (χ0n) is 9.74. The molecule has 0 aliphatic rings. The van der Waals surface area contributed by atoms with E-state index in [4.69, 9.17) is 6.42 Å². The smallest absolute Gasteiger partial charge is 0.258 e. The number of nitro benzene ring substituents is 1. The van der Waals surface area contributed by atoms with E-state index in [1.165, 1.54) is 18.2 Å². The maximum absolute atomic E-state index is 12.1. The number of nitrogens with zero attached hydrogens (tertiary/aromatic N) is 2.